The predicted molar refractivity (Wildman–Crippen MR) is 149 cm³/mol. The lowest BCUT2D eigenvalue weighted by molar-refractivity contribution is 0.191. The zero-order valence-corrected chi connectivity index (χ0v) is 22.6. The fourth-order valence-electron chi connectivity index (χ4n) is 5.14. The molecule has 1 fully saturated rings. The lowest BCUT2D eigenvalue weighted by atomic mass is 9.98. The number of aryl methyl sites for hydroxylation is 2. The lowest BCUT2D eigenvalue weighted by Gasteiger charge is -2.41. The molecule has 0 aromatic heterocycles. The van der Waals surface area contributed by atoms with Crippen LogP contribution in [0.4, 0.5) is 5.69 Å². The first-order chi connectivity index (χ1) is 16.3. The summed E-state index contributed by atoms with van der Waals surface area (Å²) in [6, 6.07) is 18.5. The van der Waals surface area contributed by atoms with E-state index in [1.54, 1.807) is 0 Å². The number of anilines is 1. The van der Waals surface area contributed by atoms with Crippen molar-refractivity contribution in [2.24, 2.45) is 17.6 Å². The first-order valence-corrected chi connectivity index (χ1v) is 13.8. The van der Waals surface area contributed by atoms with Gasteiger partial charge in [-0.3, -0.25) is 0 Å². The molecule has 2 N–H and O–H groups in total. The Labute approximate surface area is 213 Å². The van der Waals surface area contributed by atoms with Crippen molar-refractivity contribution in [1.29, 1.82) is 0 Å². The summed E-state index contributed by atoms with van der Waals surface area (Å²) < 4.78 is 0. The number of nitrogens with two attached hydrogens (primary N) is 1. The van der Waals surface area contributed by atoms with E-state index in [2.05, 4.69) is 73.9 Å². The lowest BCUT2D eigenvalue weighted by Crippen LogP contribution is -2.48. The van der Waals surface area contributed by atoms with Gasteiger partial charge in [0.05, 0.1) is 0 Å². The SMILES string of the molecule is CC(C)CCN(c1ccc(CCc2ccc(Cl)cc2)cc1)C1CCN(C[C@@H](N)CC(C)C)CC1. The molecule has 0 spiro atoms. The van der Waals surface area contributed by atoms with Gasteiger partial charge in [-0.1, -0.05) is 63.6 Å². The van der Waals surface area contributed by atoms with E-state index in [1.807, 2.05) is 12.1 Å². The van der Waals surface area contributed by atoms with E-state index < -0.39 is 0 Å². The molecule has 34 heavy (non-hydrogen) atoms. The molecule has 0 radical (unpaired) electrons. The van der Waals surface area contributed by atoms with E-state index in [9.17, 15) is 0 Å². The van der Waals surface area contributed by atoms with Crippen LogP contribution in [0.5, 0.6) is 0 Å². The van der Waals surface area contributed by atoms with Crippen molar-refractivity contribution >= 4 is 17.3 Å². The Morgan fingerprint density at radius 2 is 1.44 bits per heavy atom. The Morgan fingerprint density at radius 1 is 0.882 bits per heavy atom. The fourth-order valence-corrected chi connectivity index (χ4v) is 5.26. The van der Waals surface area contributed by atoms with Gasteiger partial charge in [0.15, 0.2) is 0 Å². The topological polar surface area (TPSA) is 32.5 Å². The van der Waals surface area contributed by atoms with Crippen LogP contribution in [0.25, 0.3) is 0 Å². The molecule has 0 unspecified atom stereocenters. The van der Waals surface area contributed by atoms with E-state index in [1.165, 1.54) is 36.1 Å². The summed E-state index contributed by atoms with van der Waals surface area (Å²) in [7, 11) is 0. The van der Waals surface area contributed by atoms with Crippen molar-refractivity contribution in [2.75, 3.05) is 31.1 Å². The van der Waals surface area contributed by atoms with Gasteiger partial charge in [0.1, 0.15) is 0 Å². The van der Waals surface area contributed by atoms with E-state index in [4.69, 9.17) is 17.3 Å². The van der Waals surface area contributed by atoms with Crippen LogP contribution in [-0.4, -0.2) is 43.2 Å². The van der Waals surface area contributed by atoms with E-state index in [0.717, 1.165) is 56.4 Å². The van der Waals surface area contributed by atoms with Crippen molar-refractivity contribution in [3.8, 4) is 0 Å². The van der Waals surface area contributed by atoms with Crippen LogP contribution in [-0.2, 0) is 12.8 Å². The van der Waals surface area contributed by atoms with Gasteiger partial charge in [0, 0.05) is 49.0 Å². The van der Waals surface area contributed by atoms with Crippen LogP contribution in [0.1, 0.15) is 64.5 Å². The largest absolute Gasteiger partial charge is 0.368 e. The molecule has 2 aromatic rings. The third kappa shape index (κ3) is 8.91. The minimum atomic E-state index is 0.300. The Hall–Kier alpha value is -1.55. The van der Waals surface area contributed by atoms with Gasteiger partial charge in [-0.15, -0.1) is 0 Å². The fraction of sp³-hybridized carbons (Fsp3) is 0.600. The first-order valence-electron chi connectivity index (χ1n) is 13.4. The van der Waals surface area contributed by atoms with Gasteiger partial charge in [-0.05, 0) is 85.8 Å². The van der Waals surface area contributed by atoms with Crippen LogP contribution >= 0.6 is 11.6 Å². The zero-order chi connectivity index (χ0) is 24.5. The molecule has 4 heteroatoms. The molecule has 0 aliphatic carbocycles. The number of rotatable bonds is 12. The van der Waals surface area contributed by atoms with Crippen molar-refractivity contribution in [3.63, 3.8) is 0 Å². The number of benzene rings is 2. The zero-order valence-electron chi connectivity index (χ0n) is 21.8. The highest BCUT2D eigenvalue weighted by Gasteiger charge is 2.26. The summed E-state index contributed by atoms with van der Waals surface area (Å²) in [4.78, 5) is 5.28. The summed E-state index contributed by atoms with van der Waals surface area (Å²) >= 11 is 6.02. The van der Waals surface area contributed by atoms with Gasteiger partial charge >= 0.3 is 0 Å². The van der Waals surface area contributed by atoms with Gasteiger partial charge in [-0.2, -0.15) is 0 Å². The van der Waals surface area contributed by atoms with Crippen LogP contribution in [0.15, 0.2) is 48.5 Å². The Morgan fingerprint density at radius 3 is 1.97 bits per heavy atom. The minimum absolute atomic E-state index is 0.300. The molecule has 0 amide bonds. The van der Waals surface area contributed by atoms with Gasteiger partial charge in [0.25, 0.3) is 0 Å². The molecule has 1 heterocycles. The molecule has 3 rings (SSSR count). The summed E-state index contributed by atoms with van der Waals surface area (Å²) in [5, 5.41) is 0.804. The number of likely N-dealkylation sites (tertiary alicyclic amines) is 1. The third-order valence-electron chi connectivity index (χ3n) is 7.10. The second-order valence-corrected chi connectivity index (χ2v) is 11.5. The summed E-state index contributed by atoms with van der Waals surface area (Å²) in [5.74, 6) is 1.39. The molecule has 1 aliphatic rings. The van der Waals surface area contributed by atoms with Gasteiger partial charge in [-0.25, -0.2) is 0 Å². The molecule has 1 atom stereocenters. The summed E-state index contributed by atoms with van der Waals surface area (Å²) in [5.41, 5.74) is 10.5. The molecular formula is C30H46ClN3. The molecule has 1 aliphatic heterocycles. The number of nitrogens with zero attached hydrogens (tertiary/aromatic N) is 2. The van der Waals surface area contributed by atoms with Gasteiger partial charge in [0.2, 0.25) is 0 Å². The second kappa shape index (κ2) is 13.5. The molecule has 1 saturated heterocycles. The van der Waals surface area contributed by atoms with E-state index in [-0.39, 0.29) is 0 Å². The first kappa shape index (κ1) is 27.0. The average molecular weight is 484 g/mol. The van der Waals surface area contributed by atoms with E-state index in [0.29, 0.717) is 18.0 Å². The standard InChI is InChI=1S/C30H46ClN3/c1-23(2)15-20-34(30-16-18-33(19-17-30)22-28(32)21-24(3)4)29-13-9-26(10-14-29)6-5-25-7-11-27(31)12-8-25/h7-14,23-24,28,30H,5-6,15-22,32H2,1-4H3/t28-/m0/s1. The quantitative estimate of drug-likeness (QED) is 0.359. The molecule has 188 valence electrons. The number of hydrogen-bond acceptors (Lipinski definition) is 3. The van der Waals surface area contributed by atoms with Crippen LogP contribution in [0.3, 0.4) is 0 Å². The van der Waals surface area contributed by atoms with Crippen LogP contribution in [0, 0.1) is 11.8 Å². The molecule has 0 saturated carbocycles. The Kier molecular flexibility index (Phi) is 10.8. The molecule has 2 aromatic carbocycles. The maximum Gasteiger partial charge on any atom is 0.0406 e. The maximum absolute atomic E-state index is 6.40. The van der Waals surface area contributed by atoms with Gasteiger partial charge < -0.3 is 15.5 Å². The number of halogens is 1. The smallest absolute Gasteiger partial charge is 0.0406 e. The van der Waals surface area contributed by atoms with Crippen molar-refractivity contribution in [1.82, 2.24) is 4.90 Å². The Bertz CT molecular complexity index is 823. The second-order valence-electron chi connectivity index (χ2n) is 11.1. The van der Waals surface area contributed by atoms with Crippen molar-refractivity contribution < 1.29 is 0 Å². The van der Waals surface area contributed by atoms with E-state index >= 15 is 0 Å². The number of hydrogen-bond donors (Lipinski definition) is 1. The van der Waals surface area contributed by atoms with Crippen molar-refractivity contribution in [3.05, 3.63) is 64.7 Å². The predicted octanol–water partition coefficient (Wildman–Crippen LogP) is 6.82. The number of piperidine rings is 1. The Balaban J connectivity index is 1.58. The summed E-state index contributed by atoms with van der Waals surface area (Å²) in [6.45, 7) is 13.7. The highest BCUT2D eigenvalue weighted by Crippen LogP contribution is 2.26. The highest BCUT2D eigenvalue weighted by molar-refractivity contribution is 6.30. The highest BCUT2D eigenvalue weighted by atomic mass is 35.5. The van der Waals surface area contributed by atoms with Crippen molar-refractivity contribution in [2.45, 2.75) is 78.3 Å². The molecular weight excluding hydrogens is 438 g/mol. The monoisotopic (exact) mass is 483 g/mol. The maximum atomic E-state index is 6.40. The summed E-state index contributed by atoms with van der Waals surface area (Å²) in [6.07, 6.45) is 6.91. The average Bonchev–Trinajstić information content (AvgIpc) is 2.80. The van der Waals surface area contributed by atoms with Crippen LogP contribution < -0.4 is 10.6 Å². The molecule has 0 bridgehead atoms. The minimum Gasteiger partial charge on any atom is -0.368 e. The normalized spacial score (nSPS) is 16.4. The third-order valence-corrected chi connectivity index (χ3v) is 7.35. The molecule has 3 nitrogen and oxygen atoms in total. The van der Waals surface area contributed by atoms with Crippen LogP contribution in [0.2, 0.25) is 5.02 Å².